The first-order valence-electron chi connectivity index (χ1n) is 6.62. The van der Waals surface area contributed by atoms with E-state index < -0.39 is 0 Å². The van der Waals surface area contributed by atoms with Crippen molar-refractivity contribution in [1.29, 1.82) is 0 Å². The minimum Gasteiger partial charge on any atom is -0.396 e. The number of nitrogen functional groups attached to an aromatic ring is 1. The number of rotatable bonds is 3. The number of carbonyl (C=O) groups excluding carboxylic acids is 1. The van der Waals surface area contributed by atoms with Crippen LogP contribution in [0.4, 0.5) is 11.4 Å². The number of aryl methyl sites for hydroxylation is 3. The molecule has 2 rings (SSSR count). The summed E-state index contributed by atoms with van der Waals surface area (Å²) in [5, 5.41) is 4.22. The number of aromatic nitrogens is 2. The van der Waals surface area contributed by atoms with Gasteiger partial charge in [0, 0.05) is 25.5 Å². The fraction of sp³-hybridized carbons (Fsp3) is 0.333. The summed E-state index contributed by atoms with van der Waals surface area (Å²) in [6.07, 6.45) is 1.68. The standard InChI is InChI=1S/C15H20N4O/c1-5-19-9-12(16)14(17-19)15(20)18(4)13-7-6-10(2)8-11(13)3/h6-9H,5,16H2,1-4H3. The van der Waals surface area contributed by atoms with Gasteiger partial charge in [0.15, 0.2) is 5.69 Å². The Morgan fingerprint density at radius 3 is 2.65 bits per heavy atom. The summed E-state index contributed by atoms with van der Waals surface area (Å²) in [4.78, 5) is 14.1. The highest BCUT2D eigenvalue weighted by atomic mass is 16.2. The van der Waals surface area contributed by atoms with Crippen molar-refractivity contribution in [3.63, 3.8) is 0 Å². The van der Waals surface area contributed by atoms with Crippen LogP contribution in [0.1, 0.15) is 28.5 Å². The Balaban J connectivity index is 2.34. The summed E-state index contributed by atoms with van der Waals surface area (Å²) in [7, 11) is 1.74. The molecule has 2 aromatic rings. The van der Waals surface area contributed by atoms with E-state index in [0.29, 0.717) is 17.9 Å². The zero-order valence-corrected chi connectivity index (χ0v) is 12.3. The molecule has 106 valence electrons. The number of amides is 1. The van der Waals surface area contributed by atoms with Crippen molar-refractivity contribution in [3.05, 3.63) is 41.2 Å². The third-order valence-electron chi connectivity index (χ3n) is 3.33. The first-order chi connectivity index (χ1) is 9.43. The number of nitrogens with zero attached hydrogens (tertiary/aromatic N) is 3. The molecule has 0 saturated carbocycles. The molecule has 5 heteroatoms. The summed E-state index contributed by atoms with van der Waals surface area (Å²) in [6, 6.07) is 5.98. The molecule has 0 atom stereocenters. The first kappa shape index (κ1) is 14.1. The largest absolute Gasteiger partial charge is 0.396 e. The topological polar surface area (TPSA) is 64.2 Å². The summed E-state index contributed by atoms with van der Waals surface area (Å²) in [5.74, 6) is -0.193. The van der Waals surface area contributed by atoms with Gasteiger partial charge in [0.1, 0.15) is 0 Å². The van der Waals surface area contributed by atoms with Crippen LogP contribution < -0.4 is 10.6 Å². The second kappa shape index (κ2) is 5.36. The number of benzene rings is 1. The maximum Gasteiger partial charge on any atom is 0.280 e. The molecule has 0 spiro atoms. The van der Waals surface area contributed by atoms with Crippen molar-refractivity contribution >= 4 is 17.3 Å². The normalized spacial score (nSPS) is 10.6. The fourth-order valence-corrected chi connectivity index (χ4v) is 2.21. The molecule has 1 aromatic carbocycles. The lowest BCUT2D eigenvalue weighted by atomic mass is 10.1. The van der Waals surface area contributed by atoms with Gasteiger partial charge in [-0.1, -0.05) is 17.7 Å². The second-order valence-electron chi connectivity index (χ2n) is 4.94. The zero-order chi connectivity index (χ0) is 14.9. The Hall–Kier alpha value is -2.30. The summed E-state index contributed by atoms with van der Waals surface area (Å²) < 4.78 is 1.67. The van der Waals surface area contributed by atoms with Crippen LogP contribution >= 0.6 is 0 Å². The van der Waals surface area contributed by atoms with Crippen LogP contribution in [-0.2, 0) is 6.54 Å². The lowest BCUT2D eigenvalue weighted by Gasteiger charge is -2.19. The maximum atomic E-state index is 12.5. The van der Waals surface area contributed by atoms with Crippen LogP contribution in [0, 0.1) is 13.8 Å². The van der Waals surface area contributed by atoms with E-state index in [4.69, 9.17) is 5.73 Å². The number of carbonyl (C=O) groups is 1. The average Bonchev–Trinajstić information content (AvgIpc) is 2.78. The van der Waals surface area contributed by atoms with Crippen molar-refractivity contribution in [3.8, 4) is 0 Å². The summed E-state index contributed by atoms with van der Waals surface area (Å²) in [5.41, 5.74) is 9.66. The van der Waals surface area contributed by atoms with E-state index in [1.165, 1.54) is 5.56 Å². The molecule has 1 aromatic heterocycles. The van der Waals surface area contributed by atoms with Crippen LogP contribution in [0.2, 0.25) is 0 Å². The molecule has 0 fully saturated rings. The third-order valence-corrected chi connectivity index (χ3v) is 3.33. The Labute approximate surface area is 119 Å². The van der Waals surface area contributed by atoms with Gasteiger partial charge in [-0.3, -0.25) is 9.48 Å². The molecule has 5 nitrogen and oxygen atoms in total. The van der Waals surface area contributed by atoms with Gasteiger partial charge in [-0.15, -0.1) is 0 Å². The van der Waals surface area contributed by atoms with Crippen LogP contribution in [0.5, 0.6) is 0 Å². The highest BCUT2D eigenvalue weighted by Gasteiger charge is 2.20. The Morgan fingerprint density at radius 1 is 1.40 bits per heavy atom. The van der Waals surface area contributed by atoms with E-state index >= 15 is 0 Å². The van der Waals surface area contributed by atoms with E-state index in [9.17, 15) is 4.79 Å². The van der Waals surface area contributed by atoms with Gasteiger partial charge in [0.2, 0.25) is 0 Å². The van der Waals surface area contributed by atoms with E-state index in [2.05, 4.69) is 5.10 Å². The van der Waals surface area contributed by atoms with E-state index in [-0.39, 0.29) is 5.91 Å². The lowest BCUT2D eigenvalue weighted by Crippen LogP contribution is -2.28. The molecule has 0 saturated heterocycles. The number of nitrogens with two attached hydrogens (primary N) is 1. The molecule has 1 amide bonds. The van der Waals surface area contributed by atoms with Crippen LogP contribution in [0.15, 0.2) is 24.4 Å². The molecule has 0 bridgehead atoms. The third kappa shape index (κ3) is 2.52. The number of anilines is 2. The van der Waals surface area contributed by atoms with Gasteiger partial charge in [0.05, 0.1) is 5.69 Å². The monoisotopic (exact) mass is 272 g/mol. The molecule has 0 unspecified atom stereocenters. The number of hydrogen-bond acceptors (Lipinski definition) is 3. The van der Waals surface area contributed by atoms with Gasteiger partial charge in [-0.05, 0) is 32.4 Å². The molecular weight excluding hydrogens is 252 g/mol. The van der Waals surface area contributed by atoms with Crippen molar-refractivity contribution in [2.45, 2.75) is 27.3 Å². The number of hydrogen-bond donors (Lipinski definition) is 1. The maximum absolute atomic E-state index is 12.5. The zero-order valence-electron chi connectivity index (χ0n) is 12.3. The predicted octanol–water partition coefficient (Wildman–Crippen LogP) is 2.38. The second-order valence-corrected chi connectivity index (χ2v) is 4.94. The van der Waals surface area contributed by atoms with E-state index in [1.54, 1.807) is 22.8 Å². The minimum absolute atomic E-state index is 0.193. The van der Waals surface area contributed by atoms with Gasteiger partial charge >= 0.3 is 0 Å². The Morgan fingerprint density at radius 2 is 2.10 bits per heavy atom. The lowest BCUT2D eigenvalue weighted by molar-refractivity contribution is 0.0988. The Bertz CT molecular complexity index is 645. The quantitative estimate of drug-likeness (QED) is 0.933. The van der Waals surface area contributed by atoms with Gasteiger partial charge in [-0.25, -0.2) is 0 Å². The highest BCUT2D eigenvalue weighted by molar-refractivity contribution is 6.07. The van der Waals surface area contributed by atoms with Crippen molar-refractivity contribution in [2.24, 2.45) is 0 Å². The molecular formula is C15H20N4O. The smallest absolute Gasteiger partial charge is 0.280 e. The van der Waals surface area contributed by atoms with Crippen LogP contribution in [-0.4, -0.2) is 22.7 Å². The molecule has 1 heterocycles. The molecule has 0 radical (unpaired) electrons. The summed E-state index contributed by atoms with van der Waals surface area (Å²) in [6.45, 7) is 6.65. The van der Waals surface area contributed by atoms with Crippen LogP contribution in [0.25, 0.3) is 0 Å². The summed E-state index contributed by atoms with van der Waals surface area (Å²) >= 11 is 0. The van der Waals surface area contributed by atoms with Crippen LogP contribution in [0.3, 0.4) is 0 Å². The van der Waals surface area contributed by atoms with Gasteiger partial charge in [-0.2, -0.15) is 5.10 Å². The van der Waals surface area contributed by atoms with Crippen molar-refractivity contribution < 1.29 is 4.79 Å². The molecule has 0 aliphatic carbocycles. The highest BCUT2D eigenvalue weighted by Crippen LogP contribution is 2.22. The Kier molecular flexibility index (Phi) is 3.79. The molecule has 0 aliphatic heterocycles. The van der Waals surface area contributed by atoms with E-state index in [0.717, 1.165) is 11.3 Å². The molecule has 20 heavy (non-hydrogen) atoms. The van der Waals surface area contributed by atoms with Gasteiger partial charge < -0.3 is 10.6 Å². The fourth-order valence-electron chi connectivity index (χ4n) is 2.21. The van der Waals surface area contributed by atoms with Gasteiger partial charge in [0.25, 0.3) is 5.91 Å². The van der Waals surface area contributed by atoms with E-state index in [1.807, 2.05) is 39.0 Å². The van der Waals surface area contributed by atoms with Crippen molar-refractivity contribution in [1.82, 2.24) is 9.78 Å². The first-order valence-corrected chi connectivity index (χ1v) is 6.62. The predicted molar refractivity (Wildman–Crippen MR) is 81.0 cm³/mol. The SMILES string of the molecule is CCn1cc(N)c(C(=O)N(C)c2ccc(C)cc2C)n1. The molecule has 2 N–H and O–H groups in total. The molecule has 0 aliphatic rings. The minimum atomic E-state index is -0.193. The average molecular weight is 272 g/mol. The van der Waals surface area contributed by atoms with Crippen molar-refractivity contribution in [2.75, 3.05) is 17.7 Å².